The van der Waals surface area contributed by atoms with Gasteiger partial charge in [0.1, 0.15) is 30.0 Å². The number of benzene rings is 3. The molecule has 0 amide bonds. The lowest BCUT2D eigenvalue weighted by molar-refractivity contribution is 0.168. The van der Waals surface area contributed by atoms with E-state index in [9.17, 15) is 0 Å². The summed E-state index contributed by atoms with van der Waals surface area (Å²) in [4.78, 5) is 0. The van der Waals surface area contributed by atoms with E-state index in [0.29, 0.717) is 13.2 Å². The second-order valence-corrected chi connectivity index (χ2v) is 8.12. The highest BCUT2D eigenvalue weighted by Gasteiger charge is 2.20. The number of hydrogen-bond donors (Lipinski definition) is 1. The third-order valence-corrected chi connectivity index (χ3v) is 5.52. The van der Waals surface area contributed by atoms with Gasteiger partial charge in [-0.05, 0) is 67.3 Å². The van der Waals surface area contributed by atoms with E-state index in [0.717, 1.165) is 60.2 Å². The summed E-state index contributed by atoms with van der Waals surface area (Å²) in [5, 5.41) is 4.21. The van der Waals surface area contributed by atoms with Crippen molar-refractivity contribution in [2.75, 3.05) is 19.7 Å². The average Bonchev–Trinajstić information content (AvgIpc) is 2.81. The summed E-state index contributed by atoms with van der Waals surface area (Å²) in [5.41, 5.74) is 2.41. The molecule has 162 valence electrons. The Bertz CT molecular complexity index is 947. The maximum atomic E-state index is 6.23. The van der Waals surface area contributed by atoms with Crippen LogP contribution in [0.3, 0.4) is 0 Å². The van der Waals surface area contributed by atoms with E-state index in [1.807, 2.05) is 54.6 Å². The van der Waals surface area contributed by atoms with Crippen LogP contribution < -0.4 is 19.5 Å². The summed E-state index contributed by atoms with van der Waals surface area (Å²) in [6, 6.07) is 23.8. The Morgan fingerprint density at radius 2 is 1.74 bits per heavy atom. The van der Waals surface area contributed by atoms with Gasteiger partial charge in [-0.15, -0.1) is 0 Å². The predicted octanol–water partition coefficient (Wildman–Crippen LogP) is 5.67. The maximum Gasteiger partial charge on any atom is 0.126 e. The van der Waals surface area contributed by atoms with Crippen LogP contribution in [-0.2, 0) is 13.0 Å². The van der Waals surface area contributed by atoms with Crippen LogP contribution in [0.15, 0.2) is 72.8 Å². The molecule has 4 rings (SSSR count). The van der Waals surface area contributed by atoms with Crippen LogP contribution in [0, 0.1) is 0 Å². The van der Waals surface area contributed by atoms with Crippen LogP contribution in [0.5, 0.6) is 17.2 Å². The second-order valence-electron chi connectivity index (χ2n) is 7.68. The average molecular weight is 438 g/mol. The lowest BCUT2D eigenvalue weighted by atomic mass is 10.0. The predicted molar refractivity (Wildman–Crippen MR) is 124 cm³/mol. The molecular formula is C26H28ClNO3. The molecule has 1 N–H and O–H groups in total. The Morgan fingerprint density at radius 3 is 2.58 bits per heavy atom. The van der Waals surface area contributed by atoms with Gasteiger partial charge in [0, 0.05) is 17.6 Å². The molecule has 3 aromatic rings. The summed E-state index contributed by atoms with van der Waals surface area (Å²) in [6.07, 6.45) is 3.16. The fraction of sp³-hybridized carbons (Fsp3) is 0.308. The monoisotopic (exact) mass is 437 g/mol. The highest BCUT2D eigenvalue weighted by molar-refractivity contribution is 6.30. The quantitative estimate of drug-likeness (QED) is 0.415. The molecule has 1 aliphatic rings. The Balaban J connectivity index is 1.17. The van der Waals surface area contributed by atoms with Crippen LogP contribution in [0.2, 0.25) is 5.02 Å². The minimum atomic E-state index is 0.175. The molecule has 0 aliphatic carbocycles. The van der Waals surface area contributed by atoms with Gasteiger partial charge in [0.2, 0.25) is 0 Å². The van der Waals surface area contributed by atoms with Gasteiger partial charge in [-0.1, -0.05) is 48.0 Å². The van der Waals surface area contributed by atoms with Crippen LogP contribution in [0.1, 0.15) is 24.0 Å². The molecule has 0 saturated carbocycles. The molecule has 1 aliphatic heterocycles. The molecule has 0 spiro atoms. The Hall–Kier alpha value is -2.69. The molecule has 5 heteroatoms. The van der Waals surface area contributed by atoms with E-state index in [1.165, 1.54) is 5.56 Å². The molecule has 1 heterocycles. The van der Waals surface area contributed by atoms with Crippen molar-refractivity contribution in [1.29, 1.82) is 0 Å². The second kappa shape index (κ2) is 11.1. The van der Waals surface area contributed by atoms with Crippen molar-refractivity contribution < 1.29 is 14.2 Å². The zero-order valence-corrected chi connectivity index (χ0v) is 18.3. The minimum absolute atomic E-state index is 0.175. The van der Waals surface area contributed by atoms with Crippen molar-refractivity contribution in [3.05, 3.63) is 88.9 Å². The van der Waals surface area contributed by atoms with Crippen molar-refractivity contribution in [3.63, 3.8) is 0 Å². The zero-order valence-electron chi connectivity index (χ0n) is 17.6. The van der Waals surface area contributed by atoms with Gasteiger partial charge in [0.05, 0.1) is 6.61 Å². The van der Waals surface area contributed by atoms with Crippen LogP contribution in [0.4, 0.5) is 0 Å². The van der Waals surface area contributed by atoms with Gasteiger partial charge in [0.25, 0.3) is 0 Å². The first-order valence-corrected chi connectivity index (χ1v) is 11.2. The number of rotatable bonds is 10. The standard InChI is InChI=1S/C26H28ClNO3/c27-22-9-13-23(14-10-22)29-16-4-15-28-18-25-12-8-21-7-11-24(17-26(21)31-25)30-19-20-5-2-1-3-6-20/h1-3,5-7,9-11,13-14,17,25,28H,4,8,12,15-16,18-19H2. The molecule has 4 nitrogen and oxygen atoms in total. The number of aryl methyl sites for hydroxylation is 1. The van der Waals surface area contributed by atoms with Gasteiger partial charge in [0.15, 0.2) is 0 Å². The molecule has 31 heavy (non-hydrogen) atoms. The number of hydrogen-bond acceptors (Lipinski definition) is 4. The highest BCUT2D eigenvalue weighted by Crippen LogP contribution is 2.31. The lowest BCUT2D eigenvalue weighted by Gasteiger charge is -2.27. The number of nitrogens with one attached hydrogen (secondary N) is 1. The summed E-state index contributed by atoms with van der Waals surface area (Å²) in [7, 11) is 0. The van der Waals surface area contributed by atoms with Crippen LogP contribution >= 0.6 is 11.6 Å². The van der Waals surface area contributed by atoms with Crippen molar-refractivity contribution in [1.82, 2.24) is 5.32 Å². The summed E-state index contributed by atoms with van der Waals surface area (Å²) < 4.78 is 17.9. The molecule has 0 fully saturated rings. The van der Waals surface area contributed by atoms with Crippen LogP contribution in [0.25, 0.3) is 0 Å². The SMILES string of the molecule is Clc1ccc(OCCCNCC2CCc3ccc(OCc4ccccc4)cc3O2)cc1. The van der Waals surface area contributed by atoms with Gasteiger partial charge in [-0.3, -0.25) is 0 Å². The first-order chi connectivity index (χ1) is 15.3. The summed E-state index contributed by atoms with van der Waals surface area (Å²) in [6.45, 7) is 2.95. The molecular weight excluding hydrogens is 410 g/mol. The minimum Gasteiger partial charge on any atom is -0.494 e. The molecule has 0 saturated heterocycles. The zero-order chi connectivity index (χ0) is 21.3. The maximum absolute atomic E-state index is 6.23. The fourth-order valence-corrected chi connectivity index (χ4v) is 3.69. The Morgan fingerprint density at radius 1 is 0.935 bits per heavy atom. The van der Waals surface area contributed by atoms with Crippen molar-refractivity contribution in [2.24, 2.45) is 0 Å². The molecule has 0 bridgehead atoms. The fourth-order valence-electron chi connectivity index (χ4n) is 3.56. The normalized spacial score (nSPS) is 15.1. The first kappa shape index (κ1) is 21.5. The van der Waals surface area contributed by atoms with E-state index in [2.05, 4.69) is 23.5 Å². The first-order valence-electron chi connectivity index (χ1n) is 10.8. The lowest BCUT2D eigenvalue weighted by Crippen LogP contribution is -2.35. The van der Waals surface area contributed by atoms with Crippen molar-refractivity contribution in [2.45, 2.75) is 32.0 Å². The van der Waals surface area contributed by atoms with E-state index in [-0.39, 0.29) is 6.10 Å². The Labute approximate surface area is 189 Å². The summed E-state index contributed by atoms with van der Waals surface area (Å²) in [5.74, 6) is 2.63. The van der Waals surface area contributed by atoms with E-state index >= 15 is 0 Å². The topological polar surface area (TPSA) is 39.7 Å². The number of ether oxygens (including phenoxy) is 3. The van der Waals surface area contributed by atoms with E-state index < -0.39 is 0 Å². The van der Waals surface area contributed by atoms with Gasteiger partial charge >= 0.3 is 0 Å². The van der Waals surface area contributed by atoms with Crippen molar-refractivity contribution >= 4 is 11.6 Å². The van der Waals surface area contributed by atoms with E-state index in [4.69, 9.17) is 25.8 Å². The molecule has 0 radical (unpaired) electrons. The summed E-state index contributed by atoms with van der Waals surface area (Å²) >= 11 is 5.88. The van der Waals surface area contributed by atoms with E-state index in [1.54, 1.807) is 0 Å². The van der Waals surface area contributed by atoms with Crippen molar-refractivity contribution in [3.8, 4) is 17.2 Å². The number of halogens is 1. The smallest absolute Gasteiger partial charge is 0.126 e. The number of fused-ring (bicyclic) bond motifs is 1. The molecule has 3 aromatic carbocycles. The largest absolute Gasteiger partial charge is 0.494 e. The third-order valence-electron chi connectivity index (χ3n) is 5.27. The van der Waals surface area contributed by atoms with Gasteiger partial charge < -0.3 is 19.5 Å². The van der Waals surface area contributed by atoms with Gasteiger partial charge in [-0.25, -0.2) is 0 Å². The molecule has 1 atom stereocenters. The Kier molecular flexibility index (Phi) is 7.70. The van der Waals surface area contributed by atoms with Crippen LogP contribution in [-0.4, -0.2) is 25.8 Å². The third kappa shape index (κ3) is 6.65. The molecule has 1 unspecified atom stereocenters. The highest BCUT2D eigenvalue weighted by atomic mass is 35.5. The molecule has 0 aromatic heterocycles. The van der Waals surface area contributed by atoms with Gasteiger partial charge in [-0.2, -0.15) is 0 Å².